The molecule has 0 heterocycles. The molecular weight excluding hydrogens is 430 g/mol. The number of carbonyl (C=O) groups excluding carboxylic acids is 1. The van der Waals surface area contributed by atoms with Gasteiger partial charge < -0.3 is 14.8 Å². The van der Waals surface area contributed by atoms with Crippen molar-refractivity contribution in [3.05, 3.63) is 53.6 Å². The highest BCUT2D eigenvalue weighted by Gasteiger charge is 2.20. The summed E-state index contributed by atoms with van der Waals surface area (Å²) in [6.07, 6.45) is 1.18. The lowest BCUT2D eigenvalue weighted by atomic mass is 10.1. The number of hydrogen-bond donors (Lipinski definition) is 1. The SMILES string of the molecule is COc1ccc(OC)c([C@H](C)NC(=O)CCCN(c2ccc(F)c(F)c2)S(C)(=O)=O)c1. The zero-order valence-corrected chi connectivity index (χ0v) is 18.6. The number of nitrogens with zero attached hydrogens (tertiary/aromatic N) is 1. The van der Waals surface area contributed by atoms with E-state index in [0.717, 1.165) is 28.3 Å². The first kappa shape index (κ1) is 24.4. The van der Waals surface area contributed by atoms with Gasteiger partial charge >= 0.3 is 0 Å². The summed E-state index contributed by atoms with van der Waals surface area (Å²) in [4.78, 5) is 12.4. The first-order valence-electron chi connectivity index (χ1n) is 9.51. The van der Waals surface area contributed by atoms with Gasteiger partial charge in [0.2, 0.25) is 15.9 Å². The van der Waals surface area contributed by atoms with Gasteiger partial charge in [-0.05, 0) is 43.7 Å². The smallest absolute Gasteiger partial charge is 0.232 e. The zero-order valence-electron chi connectivity index (χ0n) is 17.8. The predicted octanol–water partition coefficient (Wildman–Crippen LogP) is 3.41. The van der Waals surface area contributed by atoms with Crippen molar-refractivity contribution in [2.45, 2.75) is 25.8 Å². The van der Waals surface area contributed by atoms with Gasteiger partial charge in [0, 0.05) is 24.6 Å². The molecule has 2 rings (SSSR count). The van der Waals surface area contributed by atoms with E-state index in [9.17, 15) is 22.0 Å². The summed E-state index contributed by atoms with van der Waals surface area (Å²) >= 11 is 0. The van der Waals surface area contributed by atoms with Gasteiger partial charge in [0.25, 0.3) is 0 Å². The molecule has 170 valence electrons. The molecule has 0 spiro atoms. The van der Waals surface area contributed by atoms with Gasteiger partial charge in [0.05, 0.1) is 32.2 Å². The number of nitrogens with one attached hydrogen (secondary N) is 1. The molecule has 0 aliphatic heterocycles. The van der Waals surface area contributed by atoms with Crippen molar-refractivity contribution in [2.75, 3.05) is 31.3 Å². The van der Waals surface area contributed by atoms with Crippen molar-refractivity contribution < 1.29 is 31.5 Å². The maximum atomic E-state index is 13.5. The minimum Gasteiger partial charge on any atom is -0.497 e. The molecule has 0 unspecified atom stereocenters. The van der Waals surface area contributed by atoms with Crippen molar-refractivity contribution in [1.29, 1.82) is 0 Å². The Hall–Kier alpha value is -2.88. The first-order valence-corrected chi connectivity index (χ1v) is 11.4. The molecule has 2 aromatic carbocycles. The van der Waals surface area contributed by atoms with Crippen molar-refractivity contribution >= 4 is 21.6 Å². The number of methoxy groups -OCH3 is 2. The highest BCUT2D eigenvalue weighted by atomic mass is 32.2. The van der Waals surface area contributed by atoms with Crippen LogP contribution in [0.25, 0.3) is 0 Å². The minimum atomic E-state index is -3.75. The van der Waals surface area contributed by atoms with Gasteiger partial charge in [-0.2, -0.15) is 0 Å². The third kappa shape index (κ3) is 6.55. The second-order valence-corrected chi connectivity index (χ2v) is 8.84. The van der Waals surface area contributed by atoms with Gasteiger partial charge in [0.1, 0.15) is 11.5 Å². The lowest BCUT2D eigenvalue weighted by Crippen LogP contribution is -2.32. The Morgan fingerprint density at radius 3 is 2.39 bits per heavy atom. The zero-order chi connectivity index (χ0) is 23.2. The number of hydrogen-bond acceptors (Lipinski definition) is 5. The van der Waals surface area contributed by atoms with E-state index in [0.29, 0.717) is 11.5 Å². The number of amides is 1. The second kappa shape index (κ2) is 10.4. The first-order chi connectivity index (χ1) is 14.6. The van der Waals surface area contributed by atoms with E-state index in [1.165, 1.54) is 20.3 Å². The number of ether oxygens (including phenoxy) is 2. The average molecular weight is 457 g/mol. The Morgan fingerprint density at radius 2 is 1.81 bits per heavy atom. The van der Waals surface area contributed by atoms with E-state index >= 15 is 0 Å². The number of benzene rings is 2. The van der Waals surface area contributed by atoms with Crippen molar-refractivity contribution in [3.63, 3.8) is 0 Å². The lowest BCUT2D eigenvalue weighted by Gasteiger charge is -2.23. The van der Waals surface area contributed by atoms with Crippen LogP contribution >= 0.6 is 0 Å². The van der Waals surface area contributed by atoms with E-state index in [4.69, 9.17) is 9.47 Å². The van der Waals surface area contributed by atoms with Crippen molar-refractivity contribution in [2.24, 2.45) is 0 Å². The van der Waals surface area contributed by atoms with E-state index in [1.807, 2.05) is 0 Å². The fourth-order valence-corrected chi connectivity index (χ4v) is 4.04. The third-order valence-corrected chi connectivity index (χ3v) is 5.83. The van der Waals surface area contributed by atoms with E-state index in [2.05, 4.69) is 5.32 Å². The normalized spacial score (nSPS) is 12.2. The molecule has 0 aromatic heterocycles. The summed E-state index contributed by atoms with van der Waals surface area (Å²) in [6, 6.07) is 7.72. The molecule has 10 heteroatoms. The van der Waals surface area contributed by atoms with Crippen LogP contribution in [-0.2, 0) is 14.8 Å². The standard InChI is InChI=1S/C21H26F2N2O5S/c1-14(17-13-16(29-2)8-10-20(17)30-3)24-21(26)6-5-11-25(31(4,27)28)15-7-9-18(22)19(23)12-15/h7-10,12-14H,5-6,11H2,1-4H3,(H,24,26)/t14-/m0/s1. The Kier molecular flexibility index (Phi) is 8.21. The summed E-state index contributed by atoms with van der Waals surface area (Å²) in [5.74, 6) is -1.30. The molecule has 0 saturated carbocycles. The Morgan fingerprint density at radius 1 is 1.10 bits per heavy atom. The molecule has 1 atom stereocenters. The molecule has 0 bridgehead atoms. The molecule has 31 heavy (non-hydrogen) atoms. The van der Waals surface area contributed by atoms with E-state index in [-0.39, 0.29) is 37.0 Å². The fourth-order valence-electron chi connectivity index (χ4n) is 3.08. The maximum Gasteiger partial charge on any atom is 0.232 e. The summed E-state index contributed by atoms with van der Waals surface area (Å²) in [6.45, 7) is 1.73. The van der Waals surface area contributed by atoms with E-state index < -0.39 is 21.7 Å². The van der Waals surface area contributed by atoms with Crippen molar-refractivity contribution in [3.8, 4) is 11.5 Å². The summed E-state index contributed by atoms with van der Waals surface area (Å²) in [5.41, 5.74) is 0.728. The van der Waals surface area contributed by atoms with Crippen LogP contribution in [0.15, 0.2) is 36.4 Å². The molecule has 2 aromatic rings. The van der Waals surface area contributed by atoms with Crippen LogP contribution < -0.4 is 19.1 Å². The van der Waals surface area contributed by atoms with Gasteiger partial charge in [-0.1, -0.05) is 0 Å². The van der Waals surface area contributed by atoms with Gasteiger partial charge in [-0.25, -0.2) is 17.2 Å². The Balaban J connectivity index is 2.02. The van der Waals surface area contributed by atoms with Crippen LogP contribution in [0.5, 0.6) is 11.5 Å². The summed E-state index contributed by atoms with van der Waals surface area (Å²) < 4.78 is 62.3. The molecule has 1 amide bonds. The third-order valence-electron chi connectivity index (χ3n) is 4.64. The quantitative estimate of drug-likeness (QED) is 0.592. The maximum absolute atomic E-state index is 13.5. The van der Waals surface area contributed by atoms with Crippen molar-refractivity contribution in [1.82, 2.24) is 5.32 Å². The fraction of sp³-hybridized carbons (Fsp3) is 0.381. The molecule has 0 radical (unpaired) electrons. The minimum absolute atomic E-state index is 0.00343. The summed E-state index contributed by atoms with van der Waals surface area (Å²) in [7, 11) is -0.683. The van der Waals surface area contributed by atoms with Crippen LogP contribution in [0.3, 0.4) is 0 Å². The van der Waals surface area contributed by atoms with Gasteiger partial charge in [-0.15, -0.1) is 0 Å². The second-order valence-electron chi connectivity index (χ2n) is 6.93. The molecule has 0 saturated heterocycles. The van der Waals surface area contributed by atoms with Gasteiger partial charge in [-0.3, -0.25) is 9.10 Å². The van der Waals surface area contributed by atoms with Crippen LogP contribution in [0, 0.1) is 11.6 Å². The molecule has 0 aliphatic rings. The largest absolute Gasteiger partial charge is 0.497 e. The van der Waals surface area contributed by atoms with Crippen LogP contribution in [0.1, 0.15) is 31.4 Å². The highest BCUT2D eigenvalue weighted by Crippen LogP contribution is 2.29. The summed E-state index contributed by atoms with van der Waals surface area (Å²) in [5, 5.41) is 2.84. The number of anilines is 1. The highest BCUT2D eigenvalue weighted by molar-refractivity contribution is 7.92. The molecule has 1 N–H and O–H groups in total. The van der Waals surface area contributed by atoms with E-state index in [1.54, 1.807) is 25.1 Å². The van der Waals surface area contributed by atoms with Gasteiger partial charge in [0.15, 0.2) is 11.6 Å². The molecular formula is C21H26F2N2O5S. The van der Waals surface area contributed by atoms with Crippen LogP contribution in [-0.4, -0.2) is 41.3 Å². The number of rotatable bonds is 10. The average Bonchev–Trinajstić information content (AvgIpc) is 2.71. The Labute approximate surface area is 181 Å². The number of sulfonamides is 1. The lowest BCUT2D eigenvalue weighted by molar-refractivity contribution is -0.121. The van der Waals surface area contributed by atoms with Crippen LogP contribution in [0.2, 0.25) is 0 Å². The Bertz CT molecular complexity index is 1030. The predicted molar refractivity (Wildman–Crippen MR) is 114 cm³/mol. The molecule has 0 fully saturated rings. The number of carbonyl (C=O) groups is 1. The topological polar surface area (TPSA) is 84.9 Å². The van der Waals surface area contributed by atoms with Crippen LogP contribution in [0.4, 0.5) is 14.5 Å². The monoisotopic (exact) mass is 456 g/mol. The molecule has 7 nitrogen and oxygen atoms in total. The number of halogens is 2. The molecule has 0 aliphatic carbocycles.